The lowest BCUT2D eigenvalue weighted by atomic mass is 9.84. The molecule has 0 saturated carbocycles. The number of carbonyl (C=O) groups excluding carboxylic acids is 1. The number of carbonyl (C=O) groups is 1. The van der Waals surface area contributed by atoms with Crippen molar-refractivity contribution in [2.24, 2.45) is 5.92 Å². The molecular weight excluding hydrogens is 202 g/mol. The second kappa shape index (κ2) is 4.89. The molecule has 0 N–H and O–H groups in total. The van der Waals surface area contributed by atoms with Gasteiger partial charge in [-0.3, -0.25) is 0 Å². The molecule has 3 heteroatoms. The summed E-state index contributed by atoms with van der Waals surface area (Å²) in [6.45, 7) is 2.95. The number of rotatable bonds is 2. The monoisotopic (exact) mass is 223 g/mol. The molecule has 1 aliphatic carbocycles. The number of nitrogens with zero attached hydrogens (tertiary/aromatic N) is 1. The molecule has 90 valence electrons. The van der Waals surface area contributed by atoms with Crippen LogP contribution in [0, 0.1) is 5.92 Å². The summed E-state index contributed by atoms with van der Waals surface area (Å²) in [4.78, 5) is 13.8. The van der Waals surface area contributed by atoms with E-state index in [9.17, 15) is 4.79 Å². The average molecular weight is 223 g/mol. The van der Waals surface area contributed by atoms with Crippen molar-refractivity contribution in [3.8, 4) is 0 Å². The van der Waals surface area contributed by atoms with Crippen LogP contribution in [0.5, 0.6) is 0 Å². The van der Waals surface area contributed by atoms with Gasteiger partial charge in [-0.1, -0.05) is 6.08 Å². The van der Waals surface area contributed by atoms with Gasteiger partial charge in [-0.15, -0.1) is 0 Å². The molecule has 1 heterocycles. The Bertz CT molecular complexity index is 298. The lowest BCUT2D eigenvalue weighted by Crippen LogP contribution is -2.44. The highest BCUT2D eigenvalue weighted by Gasteiger charge is 2.32. The molecule has 0 bridgehead atoms. The van der Waals surface area contributed by atoms with Crippen LogP contribution in [-0.4, -0.2) is 30.6 Å². The zero-order chi connectivity index (χ0) is 11.5. The molecule has 2 atom stereocenters. The Kier molecular flexibility index (Phi) is 3.52. The third kappa shape index (κ3) is 2.08. The van der Waals surface area contributed by atoms with Gasteiger partial charge in [0.25, 0.3) is 0 Å². The smallest absolute Gasteiger partial charge is 0.328 e. The number of piperidine rings is 1. The van der Waals surface area contributed by atoms with Gasteiger partial charge in [-0.05, 0) is 44.9 Å². The molecule has 2 aliphatic rings. The van der Waals surface area contributed by atoms with Crippen LogP contribution >= 0.6 is 0 Å². The van der Waals surface area contributed by atoms with Gasteiger partial charge < -0.3 is 9.64 Å². The Morgan fingerprint density at radius 1 is 1.50 bits per heavy atom. The van der Waals surface area contributed by atoms with Crippen molar-refractivity contribution in [2.45, 2.75) is 45.1 Å². The van der Waals surface area contributed by atoms with Gasteiger partial charge in [0.05, 0.1) is 7.11 Å². The Hall–Kier alpha value is -0.990. The lowest BCUT2D eigenvalue weighted by Gasteiger charge is -2.41. The predicted molar refractivity (Wildman–Crippen MR) is 62.8 cm³/mol. The van der Waals surface area contributed by atoms with Crippen LogP contribution in [-0.2, 0) is 9.53 Å². The first kappa shape index (κ1) is 11.5. The number of likely N-dealkylation sites (tertiary alicyclic amines) is 1. The standard InChI is InChI=1S/C13H21NO2/c1-10(13(15)16-2)14-9-5-7-11-6-3-4-8-12(11)14/h8,10-11H,3-7,9H2,1-2H3. The second-order valence-electron chi connectivity index (χ2n) is 4.79. The van der Waals surface area contributed by atoms with Crippen molar-refractivity contribution in [3.05, 3.63) is 11.8 Å². The molecule has 2 rings (SSSR count). The molecule has 0 aromatic heterocycles. The summed E-state index contributed by atoms with van der Waals surface area (Å²) in [6, 6.07) is -0.128. The SMILES string of the molecule is COC(=O)C(C)N1CCCC2CCCC=C21. The first-order valence-electron chi connectivity index (χ1n) is 6.28. The maximum atomic E-state index is 11.6. The van der Waals surface area contributed by atoms with Crippen molar-refractivity contribution >= 4 is 5.97 Å². The highest BCUT2D eigenvalue weighted by Crippen LogP contribution is 2.35. The number of ether oxygens (including phenoxy) is 1. The van der Waals surface area contributed by atoms with Crippen LogP contribution < -0.4 is 0 Å². The van der Waals surface area contributed by atoms with E-state index >= 15 is 0 Å². The van der Waals surface area contributed by atoms with Gasteiger partial charge in [0, 0.05) is 12.2 Å². The first-order valence-corrected chi connectivity index (χ1v) is 6.28. The Morgan fingerprint density at radius 3 is 3.00 bits per heavy atom. The molecule has 3 nitrogen and oxygen atoms in total. The van der Waals surface area contributed by atoms with E-state index in [1.807, 2.05) is 6.92 Å². The summed E-state index contributed by atoms with van der Waals surface area (Å²) >= 11 is 0. The number of hydrogen-bond donors (Lipinski definition) is 0. The fraction of sp³-hybridized carbons (Fsp3) is 0.769. The zero-order valence-electron chi connectivity index (χ0n) is 10.2. The van der Waals surface area contributed by atoms with Crippen LogP contribution in [0.25, 0.3) is 0 Å². The third-order valence-electron chi connectivity index (χ3n) is 3.82. The van der Waals surface area contributed by atoms with E-state index in [-0.39, 0.29) is 12.0 Å². The average Bonchev–Trinajstić information content (AvgIpc) is 2.36. The number of esters is 1. The molecule has 1 aliphatic heterocycles. The van der Waals surface area contributed by atoms with E-state index in [2.05, 4.69) is 11.0 Å². The quantitative estimate of drug-likeness (QED) is 0.673. The van der Waals surface area contributed by atoms with E-state index < -0.39 is 0 Å². The zero-order valence-corrected chi connectivity index (χ0v) is 10.2. The van der Waals surface area contributed by atoms with E-state index in [0.717, 1.165) is 13.0 Å². The van der Waals surface area contributed by atoms with Gasteiger partial charge in [0.2, 0.25) is 0 Å². The lowest BCUT2D eigenvalue weighted by molar-refractivity contribution is -0.146. The molecular formula is C13H21NO2. The molecule has 1 saturated heterocycles. The second-order valence-corrected chi connectivity index (χ2v) is 4.79. The van der Waals surface area contributed by atoms with Crippen LogP contribution in [0.15, 0.2) is 11.8 Å². The maximum Gasteiger partial charge on any atom is 0.328 e. The summed E-state index contributed by atoms with van der Waals surface area (Å²) < 4.78 is 4.84. The van der Waals surface area contributed by atoms with Gasteiger partial charge in [0.1, 0.15) is 6.04 Å². The molecule has 0 amide bonds. The van der Waals surface area contributed by atoms with E-state index in [0.29, 0.717) is 5.92 Å². The van der Waals surface area contributed by atoms with Crippen LogP contribution in [0.3, 0.4) is 0 Å². The molecule has 0 radical (unpaired) electrons. The molecule has 0 aromatic rings. The molecule has 0 aromatic carbocycles. The van der Waals surface area contributed by atoms with Crippen molar-refractivity contribution in [3.63, 3.8) is 0 Å². The predicted octanol–water partition coefficient (Wildman–Crippen LogP) is 2.33. The highest BCUT2D eigenvalue weighted by molar-refractivity contribution is 5.75. The largest absolute Gasteiger partial charge is 0.467 e. The fourth-order valence-corrected chi connectivity index (χ4v) is 2.92. The molecule has 2 unspecified atom stereocenters. The van der Waals surface area contributed by atoms with Gasteiger partial charge in [-0.25, -0.2) is 4.79 Å². The van der Waals surface area contributed by atoms with Crippen molar-refractivity contribution < 1.29 is 9.53 Å². The minimum Gasteiger partial charge on any atom is -0.467 e. The summed E-state index contributed by atoms with van der Waals surface area (Å²) in [6.07, 6.45) is 8.56. The molecule has 16 heavy (non-hydrogen) atoms. The number of methoxy groups -OCH3 is 1. The van der Waals surface area contributed by atoms with Crippen LogP contribution in [0.2, 0.25) is 0 Å². The van der Waals surface area contributed by atoms with E-state index in [1.165, 1.54) is 38.5 Å². The highest BCUT2D eigenvalue weighted by atomic mass is 16.5. The van der Waals surface area contributed by atoms with Gasteiger partial charge in [0.15, 0.2) is 0 Å². The fourth-order valence-electron chi connectivity index (χ4n) is 2.92. The first-order chi connectivity index (χ1) is 7.74. The Labute approximate surface area is 97.5 Å². The van der Waals surface area contributed by atoms with Crippen LogP contribution in [0.1, 0.15) is 39.0 Å². The van der Waals surface area contributed by atoms with Crippen molar-refractivity contribution in [1.82, 2.24) is 4.90 Å². The summed E-state index contributed by atoms with van der Waals surface area (Å²) in [5, 5.41) is 0. The van der Waals surface area contributed by atoms with E-state index in [4.69, 9.17) is 4.74 Å². The molecule has 0 spiro atoms. The normalized spacial score (nSPS) is 26.8. The number of hydrogen-bond acceptors (Lipinski definition) is 3. The maximum absolute atomic E-state index is 11.6. The third-order valence-corrected chi connectivity index (χ3v) is 3.82. The van der Waals surface area contributed by atoms with Gasteiger partial charge >= 0.3 is 5.97 Å². The van der Waals surface area contributed by atoms with Crippen molar-refractivity contribution in [2.75, 3.05) is 13.7 Å². The number of fused-ring (bicyclic) bond motifs is 1. The van der Waals surface area contributed by atoms with Crippen LogP contribution in [0.4, 0.5) is 0 Å². The minimum atomic E-state index is -0.128. The van der Waals surface area contributed by atoms with Gasteiger partial charge in [-0.2, -0.15) is 0 Å². The summed E-state index contributed by atoms with van der Waals surface area (Å²) in [5.74, 6) is 0.571. The number of allylic oxidation sites excluding steroid dienone is 2. The van der Waals surface area contributed by atoms with E-state index in [1.54, 1.807) is 0 Å². The summed E-state index contributed by atoms with van der Waals surface area (Å²) in [5.41, 5.74) is 1.40. The molecule has 1 fully saturated rings. The Morgan fingerprint density at radius 2 is 2.25 bits per heavy atom. The topological polar surface area (TPSA) is 29.5 Å². The van der Waals surface area contributed by atoms with Crippen molar-refractivity contribution in [1.29, 1.82) is 0 Å². The Balaban J connectivity index is 2.13. The minimum absolute atomic E-state index is 0.118. The summed E-state index contributed by atoms with van der Waals surface area (Å²) in [7, 11) is 1.47.